The van der Waals surface area contributed by atoms with Gasteiger partial charge in [0.25, 0.3) is 0 Å². The maximum absolute atomic E-state index is 13.0. The van der Waals surface area contributed by atoms with Crippen LogP contribution in [0.3, 0.4) is 0 Å². The van der Waals surface area contributed by atoms with Crippen molar-refractivity contribution in [1.82, 2.24) is 0 Å². The highest BCUT2D eigenvalue weighted by molar-refractivity contribution is 5.87. The molecular weight excluding hydrogens is 540 g/mol. The van der Waals surface area contributed by atoms with E-state index in [2.05, 4.69) is 0 Å². The molecule has 1 aromatic carbocycles. The lowest BCUT2D eigenvalue weighted by molar-refractivity contribution is -0.218. The Labute approximate surface area is 246 Å². The average Bonchev–Trinajstić information content (AvgIpc) is 3.70. The summed E-state index contributed by atoms with van der Waals surface area (Å²) < 4.78 is 24.0. The maximum atomic E-state index is 13.0. The topological polar surface area (TPSA) is 132 Å². The normalized spacial score (nSPS) is 38.7. The van der Waals surface area contributed by atoms with Crippen LogP contribution in [-0.4, -0.2) is 70.8 Å². The van der Waals surface area contributed by atoms with Gasteiger partial charge in [-0.2, -0.15) is 0 Å². The Morgan fingerprint density at radius 3 is 2.24 bits per heavy atom. The first-order valence-corrected chi connectivity index (χ1v) is 14.7. The predicted octanol–water partition coefficient (Wildman–Crippen LogP) is 3.76. The molecule has 9 heteroatoms. The van der Waals surface area contributed by atoms with Crippen LogP contribution in [0.15, 0.2) is 47.6 Å². The van der Waals surface area contributed by atoms with E-state index >= 15 is 0 Å². The van der Waals surface area contributed by atoms with Crippen LogP contribution in [0.4, 0.5) is 0 Å². The smallest absolute Gasteiger partial charge is 0.331 e. The molecule has 42 heavy (non-hydrogen) atoms. The summed E-state index contributed by atoms with van der Waals surface area (Å²) in [6, 6.07) is 9.41. The number of aliphatic hydroxyl groups is 2. The third-order valence-corrected chi connectivity index (χ3v) is 10.3. The molecule has 0 unspecified atom stereocenters. The first kappa shape index (κ1) is 30.4. The lowest BCUT2D eigenvalue weighted by Crippen LogP contribution is -2.67. The van der Waals surface area contributed by atoms with E-state index in [1.165, 1.54) is 19.9 Å². The molecule has 0 aromatic heterocycles. The third-order valence-electron chi connectivity index (χ3n) is 10.3. The van der Waals surface area contributed by atoms with Crippen LogP contribution in [0.2, 0.25) is 0 Å². The molecule has 9 nitrogen and oxygen atoms in total. The van der Waals surface area contributed by atoms with Crippen molar-refractivity contribution >= 4 is 24.0 Å². The Morgan fingerprint density at radius 2 is 1.64 bits per heavy atom. The first-order valence-electron chi connectivity index (χ1n) is 14.7. The Bertz CT molecular complexity index is 1290. The number of carbonyl (C=O) groups excluding carboxylic acids is 3. The molecule has 2 saturated carbocycles. The van der Waals surface area contributed by atoms with Gasteiger partial charge in [0.2, 0.25) is 0 Å². The van der Waals surface area contributed by atoms with Crippen LogP contribution in [0.5, 0.6) is 0 Å². The van der Waals surface area contributed by atoms with Crippen molar-refractivity contribution in [2.45, 2.75) is 96.9 Å². The number of rotatable bonds is 5. The molecule has 1 saturated heterocycles. The number of benzene rings is 1. The molecule has 1 aliphatic heterocycles. The summed E-state index contributed by atoms with van der Waals surface area (Å²) in [6.07, 6.45) is -0.383. The van der Waals surface area contributed by atoms with Gasteiger partial charge in [-0.05, 0) is 54.4 Å². The molecule has 0 radical (unpaired) electrons. The largest absolute Gasteiger partial charge is 0.462 e. The minimum atomic E-state index is -1.25. The maximum Gasteiger partial charge on any atom is 0.331 e. The first-order chi connectivity index (χ1) is 19.7. The standard InChI is InChI=1S/C33H42O9/c1-18-23(40-19(2)34)16-22-28(41-20(3)35)29-32(6,30(38)27(37)26(18)31(22,4)5)15-14-24(33(29)17-39-33)42-25(36)13-12-21-10-8-7-9-11-21/h7-13,22-24,27-30,37-38H,14-17H2,1-6H3/t22-,23-,24-,27+,28+,29-,30-,32+,33+/m0/s1. The fourth-order valence-electron chi connectivity index (χ4n) is 8.27. The zero-order chi connectivity index (χ0) is 30.6. The number of aliphatic hydroxyl groups excluding tert-OH is 2. The third kappa shape index (κ3) is 5.09. The molecule has 5 rings (SSSR count). The number of esters is 3. The SMILES string of the molecule is CC(=O)O[C@@H]1[C@@H]2C[C@H](OC(C)=O)C(C)=C([C@@H](O)[C@H](O)[C@]3(C)CC[C@H](OC(=O)C=Cc4ccccc4)[C@]4(CO4)[C@@H]13)C2(C)C. The number of hydrogen-bond acceptors (Lipinski definition) is 9. The van der Waals surface area contributed by atoms with E-state index in [9.17, 15) is 24.6 Å². The van der Waals surface area contributed by atoms with Crippen molar-refractivity contribution in [2.24, 2.45) is 22.7 Å². The second kappa shape index (κ2) is 10.9. The summed E-state index contributed by atoms with van der Waals surface area (Å²) >= 11 is 0. The van der Waals surface area contributed by atoms with E-state index in [1.807, 2.05) is 58.0 Å². The highest BCUT2D eigenvalue weighted by Crippen LogP contribution is 2.64. The van der Waals surface area contributed by atoms with Gasteiger partial charge in [-0.3, -0.25) is 9.59 Å². The quantitative estimate of drug-likeness (QED) is 0.175. The molecule has 2 bridgehead atoms. The minimum Gasteiger partial charge on any atom is -0.462 e. The zero-order valence-corrected chi connectivity index (χ0v) is 25.2. The van der Waals surface area contributed by atoms with Crippen molar-refractivity contribution in [3.63, 3.8) is 0 Å². The molecule has 228 valence electrons. The molecule has 1 spiro atoms. The molecule has 3 aliphatic carbocycles. The number of hydrogen-bond donors (Lipinski definition) is 2. The minimum absolute atomic E-state index is 0.246. The second-order valence-corrected chi connectivity index (χ2v) is 13.2. The molecule has 2 N–H and O–H groups in total. The van der Waals surface area contributed by atoms with E-state index < -0.39 is 76.7 Å². The second-order valence-electron chi connectivity index (χ2n) is 13.2. The van der Waals surface area contributed by atoms with Gasteiger partial charge in [-0.25, -0.2) is 4.79 Å². The van der Waals surface area contributed by atoms with Gasteiger partial charge < -0.3 is 29.2 Å². The van der Waals surface area contributed by atoms with Crippen molar-refractivity contribution < 1.29 is 43.5 Å². The van der Waals surface area contributed by atoms with Crippen molar-refractivity contribution in [3.05, 3.63) is 53.1 Å². The molecule has 9 atom stereocenters. The van der Waals surface area contributed by atoms with E-state index in [1.54, 1.807) is 6.08 Å². The van der Waals surface area contributed by atoms with Crippen LogP contribution >= 0.6 is 0 Å². The summed E-state index contributed by atoms with van der Waals surface area (Å²) in [7, 11) is 0. The lowest BCUT2D eigenvalue weighted by Gasteiger charge is -2.60. The predicted molar refractivity (Wildman–Crippen MR) is 153 cm³/mol. The van der Waals surface area contributed by atoms with Crippen molar-refractivity contribution in [3.8, 4) is 0 Å². The Kier molecular flexibility index (Phi) is 7.92. The molecule has 0 amide bonds. The molecule has 1 aromatic rings. The average molecular weight is 583 g/mol. The van der Waals surface area contributed by atoms with E-state index in [-0.39, 0.29) is 6.61 Å². The fourth-order valence-corrected chi connectivity index (χ4v) is 8.27. The fraction of sp³-hybridized carbons (Fsp3) is 0.606. The Balaban J connectivity index is 1.57. The van der Waals surface area contributed by atoms with Gasteiger partial charge in [-0.15, -0.1) is 0 Å². The number of carbonyl (C=O) groups is 3. The van der Waals surface area contributed by atoms with E-state index in [4.69, 9.17) is 18.9 Å². The van der Waals surface area contributed by atoms with E-state index in [0.29, 0.717) is 30.4 Å². The van der Waals surface area contributed by atoms with Crippen LogP contribution in [-0.2, 0) is 33.3 Å². The van der Waals surface area contributed by atoms with Crippen LogP contribution in [0.25, 0.3) is 6.08 Å². The Morgan fingerprint density at radius 1 is 1.00 bits per heavy atom. The van der Waals surface area contributed by atoms with E-state index in [0.717, 1.165) is 5.56 Å². The number of fused-ring (bicyclic) bond motifs is 4. The van der Waals surface area contributed by atoms with Gasteiger partial charge in [0.1, 0.15) is 30.0 Å². The lowest BCUT2D eigenvalue weighted by atomic mass is 9.48. The van der Waals surface area contributed by atoms with Gasteiger partial charge in [0.05, 0.1) is 12.7 Å². The number of ether oxygens (including phenoxy) is 4. The van der Waals surface area contributed by atoms with Gasteiger partial charge in [0, 0.05) is 37.2 Å². The Hall–Kier alpha value is -3.01. The summed E-state index contributed by atoms with van der Waals surface area (Å²) in [5.74, 6) is -2.50. The van der Waals surface area contributed by atoms with Crippen LogP contribution in [0.1, 0.15) is 66.4 Å². The monoisotopic (exact) mass is 582 g/mol. The van der Waals surface area contributed by atoms with Crippen LogP contribution in [0, 0.1) is 22.7 Å². The highest BCUT2D eigenvalue weighted by Gasteiger charge is 2.73. The van der Waals surface area contributed by atoms with Gasteiger partial charge in [0.15, 0.2) is 0 Å². The molecule has 1 heterocycles. The molecule has 3 fully saturated rings. The van der Waals surface area contributed by atoms with Gasteiger partial charge in [-0.1, -0.05) is 51.1 Å². The number of epoxide rings is 1. The van der Waals surface area contributed by atoms with Gasteiger partial charge >= 0.3 is 17.9 Å². The molecule has 4 aliphatic rings. The summed E-state index contributed by atoms with van der Waals surface area (Å²) in [5, 5.41) is 23.8. The summed E-state index contributed by atoms with van der Waals surface area (Å²) in [6.45, 7) is 10.6. The van der Waals surface area contributed by atoms with Crippen molar-refractivity contribution in [2.75, 3.05) is 6.61 Å². The van der Waals surface area contributed by atoms with Crippen LogP contribution < -0.4 is 0 Å². The molecular formula is C33H42O9. The summed E-state index contributed by atoms with van der Waals surface area (Å²) in [4.78, 5) is 37.7. The zero-order valence-electron chi connectivity index (χ0n) is 25.2. The summed E-state index contributed by atoms with van der Waals surface area (Å²) in [5.41, 5.74) is -0.554. The van der Waals surface area contributed by atoms with Crippen molar-refractivity contribution in [1.29, 1.82) is 0 Å². The highest BCUT2D eigenvalue weighted by atomic mass is 16.6.